The van der Waals surface area contributed by atoms with Crippen LogP contribution in [-0.2, 0) is 16.6 Å². The van der Waals surface area contributed by atoms with Gasteiger partial charge in [0.05, 0.1) is 12.0 Å². The molecule has 0 saturated carbocycles. The number of hydrogen-bond donors (Lipinski definition) is 1. The number of nitrogens with one attached hydrogen (secondary N) is 1. The Labute approximate surface area is 159 Å². The Morgan fingerprint density at radius 1 is 1.22 bits per heavy atom. The number of halogens is 1. The Morgan fingerprint density at radius 3 is 2.56 bits per heavy atom. The first kappa shape index (κ1) is 19.7. The second-order valence-electron chi connectivity index (χ2n) is 6.72. The van der Waals surface area contributed by atoms with Crippen LogP contribution in [0.5, 0.6) is 5.75 Å². The first-order valence-electron chi connectivity index (χ1n) is 8.92. The van der Waals surface area contributed by atoms with Crippen molar-refractivity contribution in [3.05, 3.63) is 54.1 Å². The maximum atomic E-state index is 13.8. The van der Waals surface area contributed by atoms with Crippen LogP contribution in [0.3, 0.4) is 0 Å². The molecule has 0 radical (unpaired) electrons. The summed E-state index contributed by atoms with van der Waals surface area (Å²) in [4.78, 5) is 6.30. The summed E-state index contributed by atoms with van der Waals surface area (Å²) >= 11 is 0. The second-order valence-corrected chi connectivity index (χ2v) is 8.49. The van der Waals surface area contributed by atoms with Crippen LogP contribution in [0.15, 0.2) is 47.6 Å². The average Bonchev–Trinajstić information content (AvgIpc) is 2.68. The number of likely N-dealkylation sites (tertiary alicyclic amines) is 1. The van der Waals surface area contributed by atoms with E-state index in [1.54, 1.807) is 12.4 Å². The molecule has 0 amide bonds. The number of piperidine rings is 1. The smallest absolute Gasteiger partial charge is 0.240 e. The number of methoxy groups -OCH3 is 1. The number of aromatic nitrogens is 1. The highest BCUT2D eigenvalue weighted by Gasteiger charge is 2.22. The molecule has 1 fully saturated rings. The zero-order chi connectivity index (χ0) is 19.3. The fourth-order valence-corrected chi connectivity index (χ4v) is 4.35. The van der Waals surface area contributed by atoms with E-state index in [0.717, 1.165) is 38.5 Å². The van der Waals surface area contributed by atoms with Gasteiger partial charge >= 0.3 is 0 Å². The summed E-state index contributed by atoms with van der Waals surface area (Å²) in [5, 5.41) is 0. The average molecular weight is 393 g/mol. The van der Waals surface area contributed by atoms with Crippen molar-refractivity contribution in [1.82, 2.24) is 14.6 Å². The van der Waals surface area contributed by atoms with E-state index in [1.807, 2.05) is 12.1 Å². The lowest BCUT2D eigenvalue weighted by Crippen LogP contribution is -2.38. The molecule has 1 aliphatic heterocycles. The Morgan fingerprint density at radius 2 is 1.93 bits per heavy atom. The highest BCUT2D eigenvalue weighted by Crippen LogP contribution is 2.22. The van der Waals surface area contributed by atoms with Gasteiger partial charge in [-0.25, -0.2) is 17.5 Å². The first-order chi connectivity index (χ1) is 13.0. The van der Waals surface area contributed by atoms with E-state index in [2.05, 4.69) is 14.6 Å². The molecule has 1 aliphatic rings. The molecule has 6 nitrogen and oxygen atoms in total. The number of hydrogen-bond acceptors (Lipinski definition) is 5. The lowest BCUT2D eigenvalue weighted by atomic mass is 9.97. The van der Waals surface area contributed by atoms with Crippen LogP contribution in [0.4, 0.5) is 4.39 Å². The van der Waals surface area contributed by atoms with Gasteiger partial charge in [0, 0.05) is 25.5 Å². The van der Waals surface area contributed by atoms with Crippen molar-refractivity contribution >= 4 is 10.0 Å². The highest BCUT2D eigenvalue weighted by molar-refractivity contribution is 7.89. The van der Waals surface area contributed by atoms with Crippen molar-refractivity contribution < 1.29 is 17.5 Å². The molecule has 0 aliphatic carbocycles. The van der Waals surface area contributed by atoms with Crippen LogP contribution in [0.1, 0.15) is 18.4 Å². The highest BCUT2D eigenvalue weighted by atomic mass is 32.2. The minimum atomic E-state index is -3.74. The van der Waals surface area contributed by atoms with E-state index in [1.165, 1.54) is 24.8 Å². The third-order valence-corrected chi connectivity index (χ3v) is 6.28. The third-order valence-electron chi connectivity index (χ3n) is 4.86. The summed E-state index contributed by atoms with van der Waals surface area (Å²) < 4.78 is 46.0. The molecule has 1 aromatic heterocycles. The zero-order valence-corrected chi connectivity index (χ0v) is 16.1. The van der Waals surface area contributed by atoms with Crippen LogP contribution >= 0.6 is 0 Å². The Hall–Kier alpha value is -2.03. The fraction of sp³-hybridized carbons (Fsp3) is 0.421. The Bertz CT molecular complexity index is 854. The van der Waals surface area contributed by atoms with Crippen molar-refractivity contribution in [2.45, 2.75) is 24.3 Å². The van der Waals surface area contributed by atoms with Crippen LogP contribution in [0, 0.1) is 11.7 Å². The largest absolute Gasteiger partial charge is 0.494 e. The second kappa shape index (κ2) is 8.77. The van der Waals surface area contributed by atoms with Gasteiger partial charge in [-0.15, -0.1) is 0 Å². The van der Waals surface area contributed by atoms with Crippen molar-refractivity contribution in [2.75, 3.05) is 26.7 Å². The lowest BCUT2D eigenvalue weighted by molar-refractivity contribution is 0.178. The first-order valence-corrected chi connectivity index (χ1v) is 10.4. The topological polar surface area (TPSA) is 71.5 Å². The van der Waals surface area contributed by atoms with E-state index in [4.69, 9.17) is 4.74 Å². The van der Waals surface area contributed by atoms with Gasteiger partial charge in [-0.2, -0.15) is 0 Å². The number of nitrogens with zero attached hydrogens (tertiary/aromatic N) is 2. The molecule has 1 aromatic carbocycles. The van der Waals surface area contributed by atoms with Crippen LogP contribution in [-0.4, -0.2) is 45.0 Å². The SMILES string of the molecule is COc1ccc(S(=O)(=O)NCC2CCN(Cc3ccncc3)CC2)cc1F. The molecule has 2 aromatic rings. The van der Waals surface area contributed by atoms with Gasteiger partial charge in [-0.05, 0) is 67.7 Å². The predicted molar refractivity (Wildman–Crippen MR) is 100 cm³/mol. The number of benzene rings is 1. The van der Waals surface area contributed by atoms with E-state index in [-0.39, 0.29) is 16.6 Å². The summed E-state index contributed by atoms with van der Waals surface area (Å²) in [5.74, 6) is -0.392. The van der Waals surface area contributed by atoms with Crippen molar-refractivity contribution in [2.24, 2.45) is 5.92 Å². The molecule has 1 N–H and O–H groups in total. The molecule has 0 spiro atoms. The molecule has 1 saturated heterocycles. The van der Waals surface area contributed by atoms with E-state index >= 15 is 0 Å². The van der Waals surface area contributed by atoms with Gasteiger partial charge < -0.3 is 4.74 Å². The number of pyridine rings is 1. The molecule has 27 heavy (non-hydrogen) atoms. The van der Waals surface area contributed by atoms with Crippen LogP contribution < -0.4 is 9.46 Å². The standard InChI is InChI=1S/C19H24FN3O3S/c1-26-19-3-2-17(12-18(19)20)27(24,25)22-13-15-6-10-23(11-7-15)14-16-4-8-21-9-5-16/h2-5,8-9,12,15,22H,6-7,10-11,13-14H2,1H3. The van der Waals surface area contributed by atoms with Crippen LogP contribution in [0.25, 0.3) is 0 Å². The van der Waals surface area contributed by atoms with Gasteiger partial charge in [-0.3, -0.25) is 9.88 Å². The monoisotopic (exact) mass is 393 g/mol. The van der Waals surface area contributed by atoms with Gasteiger partial charge in [0.1, 0.15) is 0 Å². The van der Waals surface area contributed by atoms with Crippen molar-refractivity contribution in [3.63, 3.8) is 0 Å². The third kappa shape index (κ3) is 5.24. The summed E-state index contributed by atoms with van der Waals surface area (Å²) in [6, 6.07) is 7.67. The van der Waals surface area contributed by atoms with Gasteiger partial charge in [0.25, 0.3) is 0 Å². The van der Waals surface area contributed by atoms with E-state index in [9.17, 15) is 12.8 Å². The van der Waals surface area contributed by atoms with Crippen molar-refractivity contribution in [1.29, 1.82) is 0 Å². The zero-order valence-electron chi connectivity index (χ0n) is 15.3. The minimum absolute atomic E-state index is 0.0236. The molecule has 146 valence electrons. The molecule has 2 heterocycles. The van der Waals surface area contributed by atoms with Crippen LogP contribution in [0.2, 0.25) is 0 Å². The minimum Gasteiger partial charge on any atom is -0.494 e. The number of ether oxygens (including phenoxy) is 1. The molecule has 8 heteroatoms. The summed E-state index contributed by atoms with van der Waals surface area (Å²) in [5.41, 5.74) is 1.23. The lowest BCUT2D eigenvalue weighted by Gasteiger charge is -2.32. The van der Waals surface area contributed by atoms with E-state index in [0.29, 0.717) is 6.54 Å². The summed E-state index contributed by atoms with van der Waals surface area (Å²) in [7, 11) is -2.40. The molecule has 3 rings (SSSR count). The van der Waals surface area contributed by atoms with Crippen molar-refractivity contribution in [3.8, 4) is 5.75 Å². The molecular formula is C19H24FN3O3S. The molecule has 0 atom stereocenters. The van der Waals surface area contributed by atoms with Gasteiger partial charge in [-0.1, -0.05) is 0 Å². The number of rotatable bonds is 7. The Balaban J connectivity index is 1.50. The summed E-state index contributed by atoms with van der Waals surface area (Å²) in [6.07, 6.45) is 5.42. The fourth-order valence-electron chi connectivity index (χ4n) is 3.22. The van der Waals surface area contributed by atoms with Gasteiger partial charge in [0.15, 0.2) is 11.6 Å². The van der Waals surface area contributed by atoms with E-state index < -0.39 is 15.8 Å². The quantitative estimate of drug-likeness (QED) is 0.782. The maximum absolute atomic E-state index is 13.8. The Kier molecular flexibility index (Phi) is 6.41. The normalized spacial score (nSPS) is 16.4. The number of sulfonamides is 1. The molecular weight excluding hydrogens is 369 g/mol. The molecule has 0 unspecified atom stereocenters. The molecule has 0 bridgehead atoms. The summed E-state index contributed by atoms with van der Waals surface area (Å²) in [6.45, 7) is 3.09. The van der Waals surface area contributed by atoms with Gasteiger partial charge in [0.2, 0.25) is 10.0 Å². The maximum Gasteiger partial charge on any atom is 0.240 e. The predicted octanol–water partition coefficient (Wildman–Crippen LogP) is 2.42.